The number of amides is 1. The monoisotopic (exact) mass is 251 g/mol. The molecule has 1 aromatic rings. The quantitative estimate of drug-likeness (QED) is 0.771. The molecule has 0 radical (unpaired) electrons. The van der Waals surface area contributed by atoms with Crippen LogP contribution in [0.25, 0.3) is 0 Å². The van der Waals surface area contributed by atoms with Crippen molar-refractivity contribution in [3.05, 3.63) is 35.9 Å². The first kappa shape index (κ1) is 12.5. The maximum Gasteiger partial charge on any atom is 0.410 e. The lowest BCUT2D eigenvalue weighted by Gasteiger charge is -2.16. The van der Waals surface area contributed by atoms with Crippen LogP contribution in [0.1, 0.15) is 12.0 Å². The smallest absolute Gasteiger partial charge is 0.410 e. The van der Waals surface area contributed by atoms with E-state index in [1.54, 1.807) is 0 Å². The Labute approximate surface area is 104 Å². The lowest BCUT2D eigenvalue weighted by atomic mass is 10.1. The molecule has 1 amide bonds. The minimum absolute atomic E-state index is 0.0386. The summed E-state index contributed by atoms with van der Waals surface area (Å²) in [5.74, 6) is 0. The summed E-state index contributed by atoms with van der Waals surface area (Å²) >= 11 is 0. The first-order valence-electron chi connectivity index (χ1n) is 5.74. The molecule has 1 saturated heterocycles. The fraction of sp³-hybridized carbons (Fsp3) is 0.385. The van der Waals surface area contributed by atoms with Gasteiger partial charge in [-0.3, -0.25) is 4.79 Å². The van der Waals surface area contributed by atoms with Gasteiger partial charge in [0.1, 0.15) is 6.61 Å². The normalized spacial score (nSPS) is 22.8. The van der Waals surface area contributed by atoms with Crippen LogP contribution < -0.4 is 0 Å². The summed E-state index contributed by atoms with van der Waals surface area (Å²) in [5.41, 5.74) is -1.04. The van der Waals surface area contributed by atoms with Gasteiger partial charge in [-0.05, 0) is 5.56 Å². The molecule has 1 fully saturated rings. The van der Waals surface area contributed by atoms with Crippen molar-refractivity contribution in [1.29, 1.82) is 0 Å². The van der Waals surface area contributed by atoms with Crippen LogP contribution in [0.4, 0.5) is 9.18 Å². The number of halogens is 1. The number of rotatable bonds is 3. The van der Waals surface area contributed by atoms with Gasteiger partial charge in [-0.25, -0.2) is 9.18 Å². The predicted molar refractivity (Wildman–Crippen MR) is 62.7 cm³/mol. The molecule has 0 saturated carbocycles. The van der Waals surface area contributed by atoms with Crippen LogP contribution in [0.15, 0.2) is 30.3 Å². The second-order valence-corrected chi connectivity index (χ2v) is 4.36. The van der Waals surface area contributed by atoms with Crippen molar-refractivity contribution in [1.82, 2.24) is 4.90 Å². The van der Waals surface area contributed by atoms with Crippen LogP contribution in [0, 0.1) is 0 Å². The van der Waals surface area contributed by atoms with Gasteiger partial charge in [0.25, 0.3) is 0 Å². The Balaban J connectivity index is 1.85. The van der Waals surface area contributed by atoms with Gasteiger partial charge >= 0.3 is 6.09 Å². The Morgan fingerprint density at radius 3 is 2.78 bits per heavy atom. The van der Waals surface area contributed by atoms with Crippen LogP contribution in [0.3, 0.4) is 0 Å². The zero-order valence-corrected chi connectivity index (χ0v) is 9.84. The van der Waals surface area contributed by atoms with Crippen LogP contribution in [-0.2, 0) is 16.1 Å². The number of alkyl halides is 1. The average Bonchev–Trinajstić information content (AvgIpc) is 2.81. The molecule has 0 aliphatic carbocycles. The Hall–Kier alpha value is -1.91. The van der Waals surface area contributed by atoms with Crippen molar-refractivity contribution in [2.24, 2.45) is 0 Å². The third kappa shape index (κ3) is 2.85. The molecule has 96 valence electrons. The molecule has 0 unspecified atom stereocenters. The Kier molecular flexibility index (Phi) is 3.60. The Bertz CT molecular complexity index is 437. The molecule has 1 aliphatic rings. The molecular weight excluding hydrogens is 237 g/mol. The molecule has 0 N–H and O–H groups in total. The number of nitrogens with zero attached hydrogens (tertiary/aromatic N) is 1. The van der Waals surface area contributed by atoms with E-state index in [4.69, 9.17) is 4.74 Å². The van der Waals surface area contributed by atoms with Gasteiger partial charge in [-0.1, -0.05) is 30.3 Å². The third-order valence-corrected chi connectivity index (χ3v) is 2.93. The number of carbonyl (C=O) groups is 2. The number of aldehydes is 1. The SMILES string of the molecule is O=C[C@]1(F)CCN(C(=O)OCc2ccccc2)C1. The highest BCUT2D eigenvalue weighted by Gasteiger charge is 2.40. The van der Waals surface area contributed by atoms with Gasteiger partial charge in [0, 0.05) is 13.0 Å². The third-order valence-electron chi connectivity index (χ3n) is 2.93. The van der Waals surface area contributed by atoms with Gasteiger partial charge < -0.3 is 9.64 Å². The topological polar surface area (TPSA) is 46.6 Å². The predicted octanol–water partition coefficient (Wildman–Crippen LogP) is 1.94. The van der Waals surface area contributed by atoms with E-state index in [2.05, 4.69) is 0 Å². The van der Waals surface area contributed by atoms with Gasteiger partial charge in [0.05, 0.1) is 6.54 Å². The molecule has 1 aliphatic heterocycles. The Morgan fingerprint density at radius 2 is 2.17 bits per heavy atom. The second-order valence-electron chi connectivity index (χ2n) is 4.36. The summed E-state index contributed by atoms with van der Waals surface area (Å²) in [5, 5.41) is 0. The summed E-state index contributed by atoms with van der Waals surface area (Å²) in [6.07, 6.45) is -0.283. The van der Waals surface area contributed by atoms with E-state index in [-0.39, 0.29) is 32.4 Å². The number of ether oxygens (including phenoxy) is 1. The lowest BCUT2D eigenvalue weighted by molar-refractivity contribution is -0.117. The van der Waals surface area contributed by atoms with E-state index < -0.39 is 11.8 Å². The van der Waals surface area contributed by atoms with E-state index in [0.29, 0.717) is 0 Å². The van der Waals surface area contributed by atoms with E-state index >= 15 is 0 Å². The number of benzene rings is 1. The first-order valence-corrected chi connectivity index (χ1v) is 5.74. The zero-order valence-electron chi connectivity index (χ0n) is 9.84. The highest BCUT2D eigenvalue weighted by atomic mass is 19.1. The van der Waals surface area contributed by atoms with Crippen molar-refractivity contribution in [2.75, 3.05) is 13.1 Å². The largest absolute Gasteiger partial charge is 0.445 e. The minimum Gasteiger partial charge on any atom is -0.445 e. The molecule has 0 bridgehead atoms. The maximum atomic E-state index is 13.6. The molecule has 4 nitrogen and oxygen atoms in total. The van der Waals surface area contributed by atoms with E-state index in [9.17, 15) is 14.0 Å². The van der Waals surface area contributed by atoms with Gasteiger partial charge in [-0.2, -0.15) is 0 Å². The van der Waals surface area contributed by atoms with Gasteiger partial charge in [0.15, 0.2) is 12.0 Å². The highest BCUT2D eigenvalue weighted by Crippen LogP contribution is 2.23. The number of carbonyl (C=O) groups excluding carboxylic acids is 2. The molecule has 0 spiro atoms. The Morgan fingerprint density at radius 1 is 1.44 bits per heavy atom. The van der Waals surface area contributed by atoms with Crippen molar-refractivity contribution < 1.29 is 18.7 Å². The van der Waals surface area contributed by atoms with Crippen LogP contribution >= 0.6 is 0 Å². The van der Waals surface area contributed by atoms with Gasteiger partial charge in [0.2, 0.25) is 0 Å². The molecule has 0 aromatic heterocycles. The highest BCUT2D eigenvalue weighted by molar-refractivity contribution is 5.71. The standard InChI is InChI=1S/C13H14FNO3/c14-13(10-16)6-7-15(9-13)12(17)18-8-11-4-2-1-3-5-11/h1-5,10H,6-9H2/t13-/m0/s1. The van der Waals surface area contributed by atoms with Crippen molar-refractivity contribution in [3.8, 4) is 0 Å². The van der Waals surface area contributed by atoms with Crippen LogP contribution in [0.5, 0.6) is 0 Å². The molecule has 1 heterocycles. The van der Waals surface area contributed by atoms with Crippen LogP contribution in [0.2, 0.25) is 0 Å². The molecule has 1 atom stereocenters. The summed E-state index contributed by atoms with van der Waals surface area (Å²) in [6, 6.07) is 9.23. The second kappa shape index (κ2) is 5.16. The molecule has 5 heteroatoms. The minimum atomic E-state index is -1.91. The van der Waals surface area contributed by atoms with Gasteiger partial charge in [-0.15, -0.1) is 0 Å². The van der Waals surface area contributed by atoms with E-state index in [0.717, 1.165) is 5.56 Å². The summed E-state index contributed by atoms with van der Waals surface area (Å²) in [7, 11) is 0. The van der Waals surface area contributed by atoms with E-state index in [1.807, 2.05) is 30.3 Å². The fourth-order valence-electron chi connectivity index (χ4n) is 1.86. The van der Waals surface area contributed by atoms with Crippen molar-refractivity contribution in [2.45, 2.75) is 18.7 Å². The molecule has 2 rings (SSSR count). The first-order chi connectivity index (χ1) is 8.63. The summed E-state index contributed by atoms with van der Waals surface area (Å²) in [4.78, 5) is 23.4. The zero-order chi connectivity index (χ0) is 13.0. The van der Waals surface area contributed by atoms with Crippen molar-refractivity contribution in [3.63, 3.8) is 0 Å². The van der Waals surface area contributed by atoms with Crippen molar-refractivity contribution >= 4 is 12.4 Å². The van der Waals surface area contributed by atoms with Crippen LogP contribution in [-0.4, -0.2) is 36.0 Å². The average molecular weight is 251 g/mol. The number of hydrogen-bond donors (Lipinski definition) is 0. The maximum absolute atomic E-state index is 13.6. The summed E-state index contributed by atoms with van der Waals surface area (Å²) < 4.78 is 18.7. The van der Waals surface area contributed by atoms with E-state index in [1.165, 1.54) is 4.90 Å². The molecular formula is C13H14FNO3. The number of hydrogen-bond acceptors (Lipinski definition) is 3. The lowest BCUT2D eigenvalue weighted by Crippen LogP contribution is -2.34. The fourth-order valence-corrected chi connectivity index (χ4v) is 1.86. The summed E-state index contributed by atoms with van der Waals surface area (Å²) in [6.45, 7) is 0.142. The molecule has 1 aromatic carbocycles. The molecule has 18 heavy (non-hydrogen) atoms. The number of likely N-dealkylation sites (tertiary alicyclic amines) is 1.